The molecule has 2 heterocycles. The van der Waals surface area contributed by atoms with E-state index in [1.165, 1.54) is 5.56 Å². The first kappa shape index (κ1) is 11.9. The fraction of sp³-hybridized carbons (Fsp3) is 0.333. The fourth-order valence-corrected chi connectivity index (χ4v) is 2.37. The standard InChI is InChI=1S/C12H15N3OS/c1-9(7-10-3-6-17-8-10)14-12(16)11-13-4-5-15(11)2/h3-6,8-9H,7H2,1-2H3,(H,14,16). The number of rotatable bonds is 4. The van der Waals surface area contributed by atoms with Crippen LogP contribution in [0.3, 0.4) is 0 Å². The van der Waals surface area contributed by atoms with Crippen molar-refractivity contribution in [3.05, 3.63) is 40.6 Å². The van der Waals surface area contributed by atoms with E-state index in [4.69, 9.17) is 0 Å². The van der Waals surface area contributed by atoms with E-state index in [-0.39, 0.29) is 11.9 Å². The normalized spacial score (nSPS) is 12.4. The summed E-state index contributed by atoms with van der Waals surface area (Å²) in [5.41, 5.74) is 1.25. The molecule has 0 aliphatic rings. The minimum atomic E-state index is -0.125. The van der Waals surface area contributed by atoms with Crippen molar-refractivity contribution in [3.63, 3.8) is 0 Å². The van der Waals surface area contributed by atoms with Gasteiger partial charge in [0.25, 0.3) is 5.91 Å². The van der Waals surface area contributed by atoms with Crippen LogP contribution in [0, 0.1) is 0 Å². The summed E-state index contributed by atoms with van der Waals surface area (Å²) in [5, 5.41) is 7.09. The molecule has 0 fully saturated rings. The number of carbonyl (C=O) groups excluding carboxylic acids is 1. The smallest absolute Gasteiger partial charge is 0.287 e. The van der Waals surface area contributed by atoms with Gasteiger partial charge in [-0.15, -0.1) is 0 Å². The zero-order valence-corrected chi connectivity index (χ0v) is 10.7. The number of aromatic nitrogens is 2. The second-order valence-corrected chi connectivity index (χ2v) is 4.85. The zero-order valence-electron chi connectivity index (χ0n) is 9.88. The molecular formula is C12H15N3OS. The molecule has 90 valence electrons. The van der Waals surface area contributed by atoms with Crippen molar-refractivity contribution in [1.82, 2.24) is 14.9 Å². The molecule has 1 unspecified atom stereocenters. The van der Waals surface area contributed by atoms with Gasteiger partial charge in [0, 0.05) is 25.5 Å². The molecule has 0 saturated carbocycles. The Bertz CT molecular complexity index is 490. The fourth-order valence-electron chi connectivity index (χ4n) is 1.69. The Morgan fingerprint density at radius 1 is 1.65 bits per heavy atom. The van der Waals surface area contributed by atoms with E-state index in [0.717, 1.165) is 6.42 Å². The Hall–Kier alpha value is -1.62. The van der Waals surface area contributed by atoms with Crippen LogP contribution in [0.1, 0.15) is 23.1 Å². The van der Waals surface area contributed by atoms with Crippen LogP contribution in [0.4, 0.5) is 0 Å². The molecule has 2 aromatic heterocycles. The number of aryl methyl sites for hydroxylation is 1. The summed E-state index contributed by atoms with van der Waals surface area (Å²) in [6.45, 7) is 2.00. The van der Waals surface area contributed by atoms with Crippen molar-refractivity contribution in [2.24, 2.45) is 7.05 Å². The summed E-state index contributed by atoms with van der Waals surface area (Å²) in [7, 11) is 1.81. The molecule has 1 atom stereocenters. The van der Waals surface area contributed by atoms with E-state index < -0.39 is 0 Å². The molecule has 5 heteroatoms. The first-order chi connectivity index (χ1) is 8.16. The minimum absolute atomic E-state index is 0.105. The third-order valence-corrected chi connectivity index (χ3v) is 3.26. The Labute approximate surface area is 104 Å². The SMILES string of the molecule is CC(Cc1ccsc1)NC(=O)c1nccn1C. The van der Waals surface area contributed by atoms with Gasteiger partial charge in [-0.1, -0.05) is 0 Å². The molecule has 17 heavy (non-hydrogen) atoms. The molecule has 0 aliphatic heterocycles. The summed E-state index contributed by atoms with van der Waals surface area (Å²) in [5.74, 6) is 0.322. The van der Waals surface area contributed by atoms with Gasteiger partial charge in [-0.3, -0.25) is 4.79 Å². The lowest BCUT2D eigenvalue weighted by molar-refractivity contribution is 0.0926. The lowest BCUT2D eigenvalue weighted by Gasteiger charge is -2.12. The predicted octanol–water partition coefficient (Wildman–Crippen LogP) is 1.84. The number of hydrogen-bond donors (Lipinski definition) is 1. The predicted molar refractivity (Wildman–Crippen MR) is 68.2 cm³/mol. The molecule has 0 radical (unpaired) electrons. The average Bonchev–Trinajstić information content (AvgIpc) is 2.88. The molecule has 1 amide bonds. The molecular weight excluding hydrogens is 234 g/mol. The van der Waals surface area contributed by atoms with Crippen LogP contribution in [0.25, 0.3) is 0 Å². The van der Waals surface area contributed by atoms with E-state index >= 15 is 0 Å². The zero-order chi connectivity index (χ0) is 12.3. The quantitative estimate of drug-likeness (QED) is 0.898. The average molecular weight is 249 g/mol. The molecule has 0 spiro atoms. The van der Waals surface area contributed by atoms with Gasteiger partial charge in [0.15, 0.2) is 5.82 Å². The van der Waals surface area contributed by atoms with Crippen molar-refractivity contribution in [1.29, 1.82) is 0 Å². The topological polar surface area (TPSA) is 46.9 Å². The van der Waals surface area contributed by atoms with Gasteiger partial charge in [0.1, 0.15) is 0 Å². The highest BCUT2D eigenvalue weighted by Crippen LogP contribution is 2.08. The van der Waals surface area contributed by atoms with Crippen LogP contribution in [0.15, 0.2) is 29.2 Å². The number of nitrogens with zero attached hydrogens (tertiary/aromatic N) is 2. The van der Waals surface area contributed by atoms with Gasteiger partial charge in [0.2, 0.25) is 0 Å². The van der Waals surface area contributed by atoms with E-state index in [0.29, 0.717) is 5.82 Å². The molecule has 1 N–H and O–H groups in total. The summed E-state index contributed by atoms with van der Waals surface area (Å²) in [6, 6.07) is 2.18. The van der Waals surface area contributed by atoms with E-state index in [1.54, 1.807) is 28.3 Å². The number of nitrogens with one attached hydrogen (secondary N) is 1. The van der Waals surface area contributed by atoms with Gasteiger partial charge >= 0.3 is 0 Å². The third-order valence-electron chi connectivity index (χ3n) is 2.52. The number of carbonyl (C=O) groups is 1. The van der Waals surface area contributed by atoms with Crippen molar-refractivity contribution in [3.8, 4) is 0 Å². The highest BCUT2D eigenvalue weighted by atomic mass is 32.1. The Balaban J connectivity index is 1.93. The van der Waals surface area contributed by atoms with Crippen LogP contribution in [-0.2, 0) is 13.5 Å². The molecule has 0 bridgehead atoms. The Morgan fingerprint density at radius 2 is 2.47 bits per heavy atom. The van der Waals surface area contributed by atoms with Crippen molar-refractivity contribution in [2.45, 2.75) is 19.4 Å². The maximum Gasteiger partial charge on any atom is 0.287 e. The van der Waals surface area contributed by atoms with Gasteiger partial charge in [0.05, 0.1) is 0 Å². The maximum absolute atomic E-state index is 11.9. The summed E-state index contributed by atoms with van der Waals surface area (Å²) < 4.78 is 1.71. The van der Waals surface area contributed by atoms with Crippen LogP contribution in [0.2, 0.25) is 0 Å². The van der Waals surface area contributed by atoms with E-state index in [9.17, 15) is 4.79 Å². The lowest BCUT2D eigenvalue weighted by atomic mass is 10.1. The van der Waals surface area contributed by atoms with Crippen LogP contribution >= 0.6 is 11.3 Å². The van der Waals surface area contributed by atoms with Gasteiger partial charge in [-0.05, 0) is 35.7 Å². The van der Waals surface area contributed by atoms with Crippen LogP contribution in [-0.4, -0.2) is 21.5 Å². The molecule has 2 aromatic rings. The maximum atomic E-state index is 11.9. The van der Waals surface area contributed by atoms with Crippen molar-refractivity contribution >= 4 is 17.2 Å². The van der Waals surface area contributed by atoms with Crippen LogP contribution < -0.4 is 5.32 Å². The van der Waals surface area contributed by atoms with Gasteiger partial charge in [-0.25, -0.2) is 4.98 Å². The summed E-state index contributed by atoms with van der Waals surface area (Å²) >= 11 is 1.67. The Kier molecular flexibility index (Phi) is 3.58. The van der Waals surface area contributed by atoms with Crippen molar-refractivity contribution in [2.75, 3.05) is 0 Å². The first-order valence-electron chi connectivity index (χ1n) is 5.46. The molecule has 0 aromatic carbocycles. The molecule has 4 nitrogen and oxygen atoms in total. The number of thiophene rings is 1. The number of imidazole rings is 1. The van der Waals surface area contributed by atoms with Crippen LogP contribution in [0.5, 0.6) is 0 Å². The molecule has 0 aliphatic carbocycles. The first-order valence-corrected chi connectivity index (χ1v) is 6.40. The minimum Gasteiger partial charge on any atom is -0.347 e. The van der Waals surface area contributed by atoms with Crippen molar-refractivity contribution < 1.29 is 4.79 Å². The highest BCUT2D eigenvalue weighted by Gasteiger charge is 2.13. The highest BCUT2D eigenvalue weighted by molar-refractivity contribution is 7.07. The largest absolute Gasteiger partial charge is 0.347 e. The van der Waals surface area contributed by atoms with Gasteiger partial charge < -0.3 is 9.88 Å². The van der Waals surface area contributed by atoms with E-state index in [2.05, 4.69) is 21.7 Å². The number of hydrogen-bond acceptors (Lipinski definition) is 3. The molecule has 2 rings (SSSR count). The van der Waals surface area contributed by atoms with E-state index in [1.807, 2.05) is 19.4 Å². The van der Waals surface area contributed by atoms with Gasteiger partial charge in [-0.2, -0.15) is 11.3 Å². The number of amides is 1. The molecule has 0 saturated heterocycles. The second-order valence-electron chi connectivity index (χ2n) is 4.07. The monoisotopic (exact) mass is 249 g/mol. The second kappa shape index (κ2) is 5.14. The lowest BCUT2D eigenvalue weighted by Crippen LogP contribution is -2.35. The summed E-state index contributed by atoms with van der Waals surface area (Å²) in [4.78, 5) is 15.9. The third kappa shape index (κ3) is 2.94. The Morgan fingerprint density at radius 3 is 3.06 bits per heavy atom. The summed E-state index contributed by atoms with van der Waals surface area (Å²) in [6.07, 6.45) is 4.23.